The second-order valence-electron chi connectivity index (χ2n) is 4.79. The Bertz CT molecular complexity index is 578. The molecule has 19 heavy (non-hydrogen) atoms. The predicted octanol–water partition coefficient (Wildman–Crippen LogP) is 1.80. The maximum Gasteiger partial charge on any atom is 0.335 e. The monoisotopic (exact) mass is 263 g/mol. The molecule has 0 saturated carbocycles. The van der Waals surface area contributed by atoms with Crippen molar-refractivity contribution in [1.82, 2.24) is 15.0 Å². The van der Waals surface area contributed by atoms with Crippen molar-refractivity contribution in [3.8, 4) is 0 Å². The van der Waals surface area contributed by atoms with Crippen molar-refractivity contribution in [3.63, 3.8) is 0 Å². The number of carbonyl (C=O) groups is 1. The standard InChI is InChI=1S/C13H17N3O3/c1-9(2)8-19-6-5-16-12-4-3-10(13(17)18)7-11(12)14-15-16/h3-4,7,9H,5-6,8H2,1-2H3,(H,17,18). The molecule has 6 heteroatoms. The molecule has 6 nitrogen and oxygen atoms in total. The van der Waals surface area contributed by atoms with Crippen molar-refractivity contribution >= 4 is 17.0 Å². The lowest BCUT2D eigenvalue weighted by molar-refractivity contribution is 0.0697. The minimum absolute atomic E-state index is 0.218. The van der Waals surface area contributed by atoms with Crippen molar-refractivity contribution < 1.29 is 14.6 Å². The Morgan fingerprint density at radius 1 is 1.47 bits per heavy atom. The molecule has 2 rings (SSSR count). The zero-order valence-corrected chi connectivity index (χ0v) is 11.0. The number of hydrogen-bond donors (Lipinski definition) is 1. The maximum atomic E-state index is 10.9. The first-order valence-corrected chi connectivity index (χ1v) is 6.22. The Balaban J connectivity index is 2.06. The fourth-order valence-corrected chi connectivity index (χ4v) is 1.74. The first kappa shape index (κ1) is 13.5. The predicted molar refractivity (Wildman–Crippen MR) is 70.1 cm³/mol. The number of aromatic nitrogens is 3. The van der Waals surface area contributed by atoms with Gasteiger partial charge >= 0.3 is 5.97 Å². The Morgan fingerprint density at radius 2 is 2.26 bits per heavy atom. The molecule has 1 aromatic heterocycles. The van der Waals surface area contributed by atoms with E-state index in [1.165, 1.54) is 6.07 Å². The molecule has 0 aliphatic heterocycles. The summed E-state index contributed by atoms with van der Waals surface area (Å²) >= 11 is 0. The van der Waals surface area contributed by atoms with Gasteiger partial charge in [-0.15, -0.1) is 5.10 Å². The average Bonchev–Trinajstić information content (AvgIpc) is 2.76. The van der Waals surface area contributed by atoms with Gasteiger partial charge in [0, 0.05) is 6.61 Å². The van der Waals surface area contributed by atoms with Crippen LogP contribution in [0.15, 0.2) is 18.2 Å². The van der Waals surface area contributed by atoms with E-state index in [-0.39, 0.29) is 5.56 Å². The summed E-state index contributed by atoms with van der Waals surface area (Å²) in [6, 6.07) is 4.80. The van der Waals surface area contributed by atoms with Gasteiger partial charge in [0.2, 0.25) is 0 Å². The fraction of sp³-hybridized carbons (Fsp3) is 0.462. The molecule has 1 N–H and O–H groups in total. The quantitative estimate of drug-likeness (QED) is 0.804. The largest absolute Gasteiger partial charge is 0.478 e. The van der Waals surface area contributed by atoms with Gasteiger partial charge in [0.25, 0.3) is 0 Å². The Kier molecular flexibility index (Phi) is 4.11. The van der Waals surface area contributed by atoms with Gasteiger partial charge < -0.3 is 9.84 Å². The third kappa shape index (κ3) is 3.29. The number of ether oxygens (including phenoxy) is 1. The summed E-state index contributed by atoms with van der Waals surface area (Å²) in [5.74, 6) is -0.456. The molecular weight excluding hydrogens is 246 g/mol. The van der Waals surface area contributed by atoms with E-state index in [1.54, 1.807) is 16.8 Å². The molecule has 1 heterocycles. The van der Waals surface area contributed by atoms with Crippen LogP contribution in [-0.4, -0.2) is 39.3 Å². The van der Waals surface area contributed by atoms with E-state index in [0.29, 0.717) is 24.6 Å². The highest BCUT2D eigenvalue weighted by atomic mass is 16.5. The summed E-state index contributed by atoms with van der Waals surface area (Å²) in [7, 11) is 0. The second-order valence-corrected chi connectivity index (χ2v) is 4.79. The number of carboxylic acids is 1. The maximum absolute atomic E-state index is 10.9. The highest BCUT2D eigenvalue weighted by Gasteiger charge is 2.08. The molecule has 2 aromatic rings. The molecule has 0 aliphatic carbocycles. The van der Waals surface area contributed by atoms with Crippen LogP contribution >= 0.6 is 0 Å². The lowest BCUT2D eigenvalue weighted by Gasteiger charge is -2.06. The van der Waals surface area contributed by atoms with Gasteiger partial charge in [0.1, 0.15) is 5.52 Å². The van der Waals surface area contributed by atoms with E-state index in [1.807, 2.05) is 0 Å². The van der Waals surface area contributed by atoms with Gasteiger partial charge in [0.05, 0.1) is 24.2 Å². The fourth-order valence-electron chi connectivity index (χ4n) is 1.74. The van der Waals surface area contributed by atoms with Crippen molar-refractivity contribution in [3.05, 3.63) is 23.8 Å². The van der Waals surface area contributed by atoms with Crippen LogP contribution in [0.2, 0.25) is 0 Å². The summed E-state index contributed by atoms with van der Waals surface area (Å²) in [5, 5.41) is 16.9. The lowest BCUT2D eigenvalue weighted by atomic mass is 10.2. The molecule has 0 fully saturated rings. The highest BCUT2D eigenvalue weighted by molar-refractivity contribution is 5.92. The van der Waals surface area contributed by atoms with Crippen LogP contribution in [0.5, 0.6) is 0 Å². The topological polar surface area (TPSA) is 77.2 Å². The van der Waals surface area contributed by atoms with Gasteiger partial charge in [-0.25, -0.2) is 9.48 Å². The summed E-state index contributed by atoms with van der Waals surface area (Å²) < 4.78 is 7.22. The minimum atomic E-state index is -0.961. The molecule has 0 aliphatic rings. The van der Waals surface area contributed by atoms with Crippen LogP contribution in [0.25, 0.3) is 11.0 Å². The van der Waals surface area contributed by atoms with Gasteiger partial charge in [0.15, 0.2) is 0 Å². The van der Waals surface area contributed by atoms with Gasteiger partial charge in [-0.1, -0.05) is 19.1 Å². The molecule has 102 valence electrons. The van der Waals surface area contributed by atoms with Crippen LogP contribution in [0, 0.1) is 5.92 Å². The smallest absolute Gasteiger partial charge is 0.335 e. The molecule has 0 saturated heterocycles. The number of aromatic carboxylic acids is 1. The van der Waals surface area contributed by atoms with Crippen LogP contribution in [0.1, 0.15) is 24.2 Å². The second kappa shape index (κ2) is 5.79. The van der Waals surface area contributed by atoms with Gasteiger partial charge in [-0.3, -0.25) is 0 Å². The van der Waals surface area contributed by atoms with E-state index >= 15 is 0 Å². The van der Waals surface area contributed by atoms with Crippen molar-refractivity contribution in [2.24, 2.45) is 5.92 Å². The third-order valence-electron chi connectivity index (χ3n) is 2.66. The van der Waals surface area contributed by atoms with E-state index < -0.39 is 5.97 Å². The molecule has 0 amide bonds. The zero-order valence-electron chi connectivity index (χ0n) is 11.0. The van der Waals surface area contributed by atoms with Crippen LogP contribution in [-0.2, 0) is 11.3 Å². The van der Waals surface area contributed by atoms with Crippen molar-refractivity contribution in [1.29, 1.82) is 0 Å². The summed E-state index contributed by atoms with van der Waals surface area (Å²) in [6.07, 6.45) is 0. The number of rotatable bonds is 6. The first-order valence-electron chi connectivity index (χ1n) is 6.22. The molecule has 1 aromatic carbocycles. The molecule has 0 atom stereocenters. The van der Waals surface area contributed by atoms with Gasteiger partial charge in [-0.2, -0.15) is 0 Å². The number of nitrogens with zero attached hydrogens (tertiary/aromatic N) is 3. The molecule has 0 radical (unpaired) electrons. The van der Waals surface area contributed by atoms with Crippen LogP contribution in [0.3, 0.4) is 0 Å². The summed E-state index contributed by atoms with van der Waals surface area (Å²) in [6.45, 7) is 6.08. The van der Waals surface area contributed by atoms with Crippen LogP contribution in [0.4, 0.5) is 0 Å². The Labute approximate surface area is 111 Å². The van der Waals surface area contributed by atoms with E-state index in [4.69, 9.17) is 9.84 Å². The molecule has 0 unspecified atom stereocenters. The van der Waals surface area contributed by atoms with Crippen molar-refractivity contribution in [2.45, 2.75) is 20.4 Å². The number of benzene rings is 1. The SMILES string of the molecule is CC(C)COCCn1nnc2cc(C(=O)O)ccc21. The normalized spacial score (nSPS) is 11.3. The van der Waals surface area contributed by atoms with Gasteiger partial charge in [-0.05, 0) is 24.1 Å². The van der Waals surface area contributed by atoms with Crippen molar-refractivity contribution in [2.75, 3.05) is 13.2 Å². The number of carboxylic acid groups (broad SMARTS) is 1. The molecule has 0 bridgehead atoms. The van der Waals surface area contributed by atoms with E-state index in [9.17, 15) is 4.79 Å². The van der Waals surface area contributed by atoms with E-state index in [2.05, 4.69) is 24.2 Å². The minimum Gasteiger partial charge on any atom is -0.478 e. The lowest BCUT2D eigenvalue weighted by Crippen LogP contribution is -2.10. The highest BCUT2D eigenvalue weighted by Crippen LogP contribution is 2.13. The zero-order chi connectivity index (χ0) is 13.8. The summed E-state index contributed by atoms with van der Waals surface area (Å²) in [5.41, 5.74) is 1.62. The molecular formula is C13H17N3O3. The summed E-state index contributed by atoms with van der Waals surface area (Å²) in [4.78, 5) is 10.9. The molecule has 0 spiro atoms. The number of fused-ring (bicyclic) bond motifs is 1. The Hall–Kier alpha value is -1.95. The Morgan fingerprint density at radius 3 is 2.95 bits per heavy atom. The average molecular weight is 263 g/mol. The van der Waals surface area contributed by atoms with Crippen LogP contribution < -0.4 is 0 Å². The first-order chi connectivity index (χ1) is 9.08. The number of hydrogen-bond acceptors (Lipinski definition) is 4. The third-order valence-corrected chi connectivity index (χ3v) is 2.66. The van der Waals surface area contributed by atoms with E-state index in [0.717, 1.165) is 12.1 Å².